The minimum Gasteiger partial charge on any atom is -0.332 e. The predicted molar refractivity (Wildman–Crippen MR) is 119 cm³/mol. The third-order valence-corrected chi connectivity index (χ3v) is 5.46. The molecule has 28 heavy (non-hydrogen) atoms. The summed E-state index contributed by atoms with van der Waals surface area (Å²) in [5.41, 5.74) is 5.48. The standard InChI is InChI=1S/C22H25N5S/c1-15-10-11-19(13-16(15)2)24-22(28)23-18-8-6-7-17(14-18)21-26-25-20-9-4-3-5-12-27(20)21/h6-8,10-11,13-14H,3-5,9,12H2,1-2H3,(H2,23,24,28). The summed E-state index contributed by atoms with van der Waals surface area (Å²) in [5, 5.41) is 16.0. The molecule has 0 saturated heterocycles. The van der Waals surface area contributed by atoms with Crippen molar-refractivity contribution in [1.29, 1.82) is 0 Å². The number of rotatable bonds is 3. The lowest BCUT2D eigenvalue weighted by atomic mass is 10.1. The van der Waals surface area contributed by atoms with E-state index >= 15 is 0 Å². The van der Waals surface area contributed by atoms with Gasteiger partial charge in [0.25, 0.3) is 0 Å². The van der Waals surface area contributed by atoms with Gasteiger partial charge in [0.2, 0.25) is 0 Å². The molecule has 144 valence electrons. The maximum Gasteiger partial charge on any atom is 0.175 e. The summed E-state index contributed by atoms with van der Waals surface area (Å²) in [4.78, 5) is 0. The van der Waals surface area contributed by atoms with Crippen molar-refractivity contribution in [3.05, 3.63) is 59.4 Å². The zero-order chi connectivity index (χ0) is 19.5. The highest BCUT2D eigenvalue weighted by atomic mass is 32.1. The van der Waals surface area contributed by atoms with E-state index in [-0.39, 0.29) is 0 Å². The second kappa shape index (κ2) is 8.10. The Labute approximate surface area is 171 Å². The van der Waals surface area contributed by atoms with E-state index in [1.54, 1.807) is 0 Å². The van der Waals surface area contributed by atoms with Crippen LogP contribution in [0.1, 0.15) is 36.2 Å². The van der Waals surface area contributed by atoms with Crippen molar-refractivity contribution < 1.29 is 0 Å². The lowest BCUT2D eigenvalue weighted by molar-refractivity contribution is 0.636. The molecule has 0 saturated carbocycles. The number of nitrogens with zero attached hydrogens (tertiary/aromatic N) is 3. The van der Waals surface area contributed by atoms with Crippen molar-refractivity contribution in [3.8, 4) is 11.4 Å². The second-order valence-electron chi connectivity index (χ2n) is 7.36. The number of aromatic nitrogens is 3. The molecule has 0 amide bonds. The minimum absolute atomic E-state index is 0.570. The fourth-order valence-corrected chi connectivity index (χ4v) is 3.78. The molecule has 0 fully saturated rings. The average Bonchev–Trinajstić information content (AvgIpc) is 2.93. The SMILES string of the molecule is Cc1ccc(NC(=S)Nc2cccc(-c3nnc4n3CCCCC4)c2)cc1C. The topological polar surface area (TPSA) is 54.8 Å². The fourth-order valence-electron chi connectivity index (χ4n) is 3.55. The van der Waals surface area contributed by atoms with Gasteiger partial charge in [0, 0.05) is 29.9 Å². The normalized spacial score (nSPS) is 13.5. The number of benzene rings is 2. The van der Waals surface area contributed by atoms with E-state index in [0.717, 1.165) is 41.6 Å². The Morgan fingerprint density at radius 3 is 2.57 bits per heavy atom. The van der Waals surface area contributed by atoms with Crippen LogP contribution in [0.2, 0.25) is 0 Å². The number of fused-ring (bicyclic) bond motifs is 1. The van der Waals surface area contributed by atoms with Crippen molar-refractivity contribution in [1.82, 2.24) is 14.8 Å². The summed E-state index contributed by atoms with van der Waals surface area (Å²) in [7, 11) is 0. The molecule has 0 bridgehead atoms. The Bertz CT molecular complexity index is 1010. The van der Waals surface area contributed by atoms with Gasteiger partial charge in [-0.15, -0.1) is 10.2 Å². The van der Waals surface area contributed by atoms with E-state index in [0.29, 0.717) is 5.11 Å². The monoisotopic (exact) mass is 391 g/mol. The third kappa shape index (κ3) is 4.07. The van der Waals surface area contributed by atoms with Crippen LogP contribution in [0.5, 0.6) is 0 Å². The summed E-state index contributed by atoms with van der Waals surface area (Å²) in [6.07, 6.45) is 4.63. The molecule has 5 nitrogen and oxygen atoms in total. The van der Waals surface area contributed by atoms with Gasteiger partial charge in [-0.25, -0.2) is 0 Å². The number of aryl methyl sites for hydroxylation is 3. The van der Waals surface area contributed by atoms with Crippen LogP contribution in [-0.4, -0.2) is 19.9 Å². The molecule has 0 unspecified atom stereocenters. The first-order valence-corrected chi connectivity index (χ1v) is 10.2. The van der Waals surface area contributed by atoms with E-state index in [2.05, 4.69) is 63.5 Å². The number of nitrogens with one attached hydrogen (secondary N) is 2. The highest BCUT2D eigenvalue weighted by Gasteiger charge is 2.16. The molecular formula is C22H25N5S. The van der Waals surface area contributed by atoms with E-state index in [1.165, 1.54) is 30.4 Å². The molecule has 0 aliphatic carbocycles. The van der Waals surface area contributed by atoms with Gasteiger partial charge >= 0.3 is 0 Å². The number of thiocarbonyl (C=S) groups is 1. The molecule has 0 spiro atoms. The Balaban J connectivity index is 1.50. The van der Waals surface area contributed by atoms with Crippen LogP contribution in [0.4, 0.5) is 11.4 Å². The van der Waals surface area contributed by atoms with Crippen LogP contribution in [0.25, 0.3) is 11.4 Å². The lowest BCUT2D eigenvalue weighted by Crippen LogP contribution is -2.19. The van der Waals surface area contributed by atoms with Gasteiger partial charge in [0.05, 0.1) is 0 Å². The number of anilines is 2. The second-order valence-corrected chi connectivity index (χ2v) is 7.77. The first-order valence-electron chi connectivity index (χ1n) is 9.78. The minimum atomic E-state index is 0.570. The fraction of sp³-hybridized carbons (Fsp3) is 0.318. The van der Waals surface area contributed by atoms with Gasteiger partial charge < -0.3 is 15.2 Å². The zero-order valence-corrected chi connectivity index (χ0v) is 17.1. The highest BCUT2D eigenvalue weighted by Crippen LogP contribution is 2.25. The largest absolute Gasteiger partial charge is 0.332 e. The zero-order valence-electron chi connectivity index (χ0n) is 16.3. The predicted octanol–water partition coefficient (Wildman–Crippen LogP) is 5.10. The molecule has 0 atom stereocenters. The summed E-state index contributed by atoms with van der Waals surface area (Å²) in [6.45, 7) is 5.19. The molecule has 1 aromatic heterocycles. The van der Waals surface area contributed by atoms with Crippen LogP contribution >= 0.6 is 12.2 Å². The molecule has 2 N–H and O–H groups in total. The third-order valence-electron chi connectivity index (χ3n) is 5.25. The van der Waals surface area contributed by atoms with Crippen molar-refractivity contribution in [2.24, 2.45) is 0 Å². The van der Waals surface area contributed by atoms with Gasteiger partial charge in [-0.2, -0.15) is 0 Å². The molecule has 1 aliphatic rings. The molecule has 6 heteroatoms. The van der Waals surface area contributed by atoms with Crippen LogP contribution in [0.3, 0.4) is 0 Å². The summed E-state index contributed by atoms with van der Waals surface area (Å²) < 4.78 is 2.26. The quantitative estimate of drug-likeness (QED) is 0.609. The summed E-state index contributed by atoms with van der Waals surface area (Å²) >= 11 is 5.50. The Kier molecular flexibility index (Phi) is 5.39. The molecule has 0 radical (unpaired) electrons. The first-order chi connectivity index (χ1) is 13.6. The first kappa shape index (κ1) is 18.6. The van der Waals surface area contributed by atoms with E-state index in [9.17, 15) is 0 Å². The molecule has 4 rings (SSSR count). The van der Waals surface area contributed by atoms with E-state index < -0.39 is 0 Å². The van der Waals surface area contributed by atoms with Gasteiger partial charge in [0.1, 0.15) is 5.82 Å². The maximum absolute atomic E-state index is 5.50. The van der Waals surface area contributed by atoms with E-state index in [1.807, 2.05) is 18.2 Å². The number of hydrogen-bond acceptors (Lipinski definition) is 3. The average molecular weight is 392 g/mol. The Morgan fingerprint density at radius 1 is 0.929 bits per heavy atom. The van der Waals surface area contributed by atoms with Crippen LogP contribution in [-0.2, 0) is 13.0 Å². The molecular weight excluding hydrogens is 366 g/mol. The highest BCUT2D eigenvalue weighted by molar-refractivity contribution is 7.80. The molecule has 3 aromatic rings. The van der Waals surface area contributed by atoms with Crippen LogP contribution in [0, 0.1) is 13.8 Å². The Hall–Kier alpha value is -2.73. The van der Waals surface area contributed by atoms with Crippen LogP contribution in [0.15, 0.2) is 42.5 Å². The number of hydrogen-bond donors (Lipinski definition) is 2. The molecule has 2 heterocycles. The van der Waals surface area contributed by atoms with Crippen LogP contribution < -0.4 is 10.6 Å². The Morgan fingerprint density at radius 2 is 1.75 bits per heavy atom. The van der Waals surface area contributed by atoms with Gasteiger partial charge in [-0.05, 0) is 74.3 Å². The maximum atomic E-state index is 5.50. The summed E-state index contributed by atoms with van der Waals surface area (Å²) in [5.74, 6) is 2.03. The van der Waals surface area contributed by atoms with Gasteiger partial charge in [-0.3, -0.25) is 0 Å². The van der Waals surface area contributed by atoms with Gasteiger partial charge in [0.15, 0.2) is 10.9 Å². The van der Waals surface area contributed by atoms with E-state index in [4.69, 9.17) is 12.2 Å². The smallest absolute Gasteiger partial charge is 0.175 e. The van der Waals surface area contributed by atoms with Crippen molar-refractivity contribution in [3.63, 3.8) is 0 Å². The van der Waals surface area contributed by atoms with Crippen molar-refractivity contribution >= 4 is 28.7 Å². The van der Waals surface area contributed by atoms with Crippen molar-refractivity contribution in [2.75, 3.05) is 10.6 Å². The molecule has 1 aliphatic heterocycles. The molecule has 2 aromatic carbocycles. The van der Waals surface area contributed by atoms with Crippen molar-refractivity contribution in [2.45, 2.75) is 46.1 Å². The lowest BCUT2D eigenvalue weighted by Gasteiger charge is -2.13. The van der Waals surface area contributed by atoms with Gasteiger partial charge in [-0.1, -0.05) is 24.6 Å². The summed E-state index contributed by atoms with van der Waals surface area (Å²) in [6, 6.07) is 14.4.